The lowest BCUT2D eigenvalue weighted by atomic mass is 10.3. The normalized spacial score (nSPS) is 10.5. The van der Waals surface area contributed by atoms with Gasteiger partial charge in [-0.05, 0) is 26.3 Å². The molecule has 0 fully saturated rings. The van der Waals surface area contributed by atoms with E-state index in [1.54, 1.807) is 11.8 Å². The average molecular weight is 210 g/mol. The van der Waals surface area contributed by atoms with Crippen molar-refractivity contribution in [3.63, 3.8) is 0 Å². The zero-order valence-electron chi connectivity index (χ0n) is 9.21. The largest absolute Gasteiger partial charge is 0.228 e. The molecule has 0 radical (unpaired) electrons. The van der Waals surface area contributed by atoms with Crippen molar-refractivity contribution in [3.8, 4) is 0 Å². The molecule has 14 heavy (non-hydrogen) atoms. The van der Waals surface area contributed by atoms with Crippen LogP contribution in [-0.2, 0) is 0 Å². The molecule has 0 atom stereocenters. The Morgan fingerprint density at radius 3 is 2.36 bits per heavy atom. The lowest BCUT2D eigenvalue weighted by Gasteiger charge is -2.02. The van der Waals surface area contributed by atoms with Gasteiger partial charge in [-0.3, -0.25) is 0 Å². The van der Waals surface area contributed by atoms with Gasteiger partial charge in [0.15, 0.2) is 5.16 Å². The van der Waals surface area contributed by atoms with Crippen LogP contribution in [0, 0.1) is 13.8 Å². The summed E-state index contributed by atoms with van der Waals surface area (Å²) in [7, 11) is 0. The molecule has 2 nitrogen and oxygen atoms in total. The van der Waals surface area contributed by atoms with Crippen molar-refractivity contribution in [2.24, 2.45) is 0 Å². The highest BCUT2D eigenvalue weighted by Crippen LogP contribution is 2.15. The lowest BCUT2D eigenvalue weighted by Crippen LogP contribution is -1.93. The first kappa shape index (κ1) is 11.5. The molecular weight excluding hydrogens is 192 g/mol. The second-order valence-electron chi connectivity index (χ2n) is 3.49. The summed E-state index contributed by atoms with van der Waals surface area (Å²) in [4.78, 5) is 8.77. The standard InChI is InChI=1S/C11H18N2S/c1-4-5-6-7-14-11-12-9(2)8-10(3)13-11/h8H,4-7H2,1-3H3. The lowest BCUT2D eigenvalue weighted by molar-refractivity contribution is 0.776. The minimum absolute atomic E-state index is 0.929. The van der Waals surface area contributed by atoms with Crippen LogP contribution >= 0.6 is 11.8 Å². The first-order chi connectivity index (χ1) is 6.72. The molecule has 1 aromatic rings. The Morgan fingerprint density at radius 1 is 1.14 bits per heavy atom. The highest BCUT2D eigenvalue weighted by Gasteiger charge is 1.99. The molecule has 3 heteroatoms. The van der Waals surface area contributed by atoms with Gasteiger partial charge in [0, 0.05) is 17.1 Å². The van der Waals surface area contributed by atoms with Crippen LogP contribution < -0.4 is 0 Å². The van der Waals surface area contributed by atoms with Crippen LogP contribution in [0.5, 0.6) is 0 Å². The molecule has 0 N–H and O–H groups in total. The van der Waals surface area contributed by atoms with Gasteiger partial charge in [0.2, 0.25) is 0 Å². The highest BCUT2D eigenvalue weighted by molar-refractivity contribution is 7.99. The van der Waals surface area contributed by atoms with Crippen LogP contribution in [0.15, 0.2) is 11.2 Å². The Kier molecular flexibility index (Phi) is 4.94. The molecule has 0 aliphatic heterocycles. The number of aryl methyl sites for hydroxylation is 2. The summed E-state index contributed by atoms with van der Waals surface area (Å²) in [6.45, 7) is 6.26. The summed E-state index contributed by atoms with van der Waals surface area (Å²) >= 11 is 1.77. The molecule has 1 heterocycles. The number of unbranched alkanes of at least 4 members (excludes halogenated alkanes) is 2. The molecule has 1 rings (SSSR count). The number of rotatable bonds is 5. The molecule has 0 aliphatic rings. The van der Waals surface area contributed by atoms with E-state index in [0.29, 0.717) is 0 Å². The van der Waals surface area contributed by atoms with Crippen LogP contribution in [0.4, 0.5) is 0 Å². The van der Waals surface area contributed by atoms with Gasteiger partial charge in [0.25, 0.3) is 0 Å². The zero-order valence-corrected chi connectivity index (χ0v) is 10.0. The van der Waals surface area contributed by atoms with Crippen LogP contribution in [0.2, 0.25) is 0 Å². The van der Waals surface area contributed by atoms with Crippen LogP contribution in [0.25, 0.3) is 0 Å². The van der Waals surface area contributed by atoms with Crippen molar-refractivity contribution < 1.29 is 0 Å². The summed E-state index contributed by atoms with van der Waals surface area (Å²) in [5.74, 6) is 1.14. The fourth-order valence-electron chi connectivity index (χ4n) is 1.27. The van der Waals surface area contributed by atoms with Gasteiger partial charge >= 0.3 is 0 Å². The molecular formula is C11H18N2S. The minimum atomic E-state index is 0.929. The van der Waals surface area contributed by atoms with Gasteiger partial charge < -0.3 is 0 Å². The summed E-state index contributed by atoms with van der Waals surface area (Å²) < 4.78 is 0. The second kappa shape index (κ2) is 6.02. The molecule has 78 valence electrons. The Balaban J connectivity index is 2.42. The quantitative estimate of drug-likeness (QED) is 0.423. The fraction of sp³-hybridized carbons (Fsp3) is 0.636. The third-order valence-corrected chi connectivity index (χ3v) is 2.87. The Bertz CT molecular complexity index is 266. The third-order valence-electron chi connectivity index (χ3n) is 1.94. The molecule has 0 aromatic carbocycles. The number of aromatic nitrogens is 2. The van der Waals surface area contributed by atoms with E-state index in [1.165, 1.54) is 19.3 Å². The Labute approximate surface area is 90.5 Å². The highest BCUT2D eigenvalue weighted by atomic mass is 32.2. The van der Waals surface area contributed by atoms with E-state index in [0.717, 1.165) is 22.3 Å². The summed E-state index contributed by atoms with van der Waals surface area (Å²) in [5, 5.41) is 0.929. The fourth-order valence-corrected chi connectivity index (χ4v) is 2.22. The van der Waals surface area contributed by atoms with E-state index in [1.807, 2.05) is 19.9 Å². The summed E-state index contributed by atoms with van der Waals surface area (Å²) in [5.41, 5.74) is 2.13. The van der Waals surface area contributed by atoms with Gasteiger partial charge in [0.1, 0.15) is 0 Å². The van der Waals surface area contributed by atoms with E-state index in [-0.39, 0.29) is 0 Å². The van der Waals surface area contributed by atoms with Gasteiger partial charge in [-0.15, -0.1) is 0 Å². The monoisotopic (exact) mass is 210 g/mol. The first-order valence-electron chi connectivity index (χ1n) is 5.17. The van der Waals surface area contributed by atoms with E-state index >= 15 is 0 Å². The molecule has 0 saturated carbocycles. The topological polar surface area (TPSA) is 25.8 Å². The zero-order chi connectivity index (χ0) is 10.4. The minimum Gasteiger partial charge on any atom is -0.228 e. The SMILES string of the molecule is CCCCCSc1nc(C)cc(C)n1. The molecule has 0 unspecified atom stereocenters. The maximum atomic E-state index is 4.38. The number of nitrogens with zero attached hydrogens (tertiary/aromatic N) is 2. The Morgan fingerprint density at radius 2 is 1.79 bits per heavy atom. The summed E-state index contributed by atoms with van der Waals surface area (Å²) in [6.07, 6.45) is 3.84. The maximum Gasteiger partial charge on any atom is 0.187 e. The molecule has 0 saturated heterocycles. The Hall–Kier alpha value is -0.570. The predicted molar refractivity (Wildman–Crippen MR) is 61.8 cm³/mol. The van der Waals surface area contributed by atoms with Gasteiger partial charge in [-0.25, -0.2) is 9.97 Å². The number of hydrogen-bond acceptors (Lipinski definition) is 3. The molecule has 0 aliphatic carbocycles. The van der Waals surface area contributed by atoms with Crippen LogP contribution in [-0.4, -0.2) is 15.7 Å². The smallest absolute Gasteiger partial charge is 0.187 e. The van der Waals surface area contributed by atoms with E-state index in [9.17, 15) is 0 Å². The number of thioether (sulfide) groups is 1. The molecule has 0 bridgehead atoms. The van der Waals surface area contributed by atoms with Crippen molar-refractivity contribution in [2.75, 3.05) is 5.75 Å². The van der Waals surface area contributed by atoms with Crippen LogP contribution in [0.3, 0.4) is 0 Å². The average Bonchev–Trinajstić information content (AvgIpc) is 2.11. The second-order valence-corrected chi connectivity index (χ2v) is 4.55. The van der Waals surface area contributed by atoms with Crippen molar-refractivity contribution in [2.45, 2.75) is 45.2 Å². The molecule has 0 amide bonds. The van der Waals surface area contributed by atoms with Crippen molar-refractivity contribution >= 4 is 11.8 Å². The molecule has 1 aromatic heterocycles. The van der Waals surface area contributed by atoms with Crippen molar-refractivity contribution in [1.29, 1.82) is 0 Å². The first-order valence-corrected chi connectivity index (χ1v) is 6.16. The van der Waals surface area contributed by atoms with Gasteiger partial charge in [0.05, 0.1) is 0 Å². The summed E-state index contributed by atoms with van der Waals surface area (Å²) in [6, 6.07) is 2.01. The van der Waals surface area contributed by atoms with E-state index in [4.69, 9.17) is 0 Å². The maximum absolute atomic E-state index is 4.38. The predicted octanol–water partition coefficient (Wildman–Crippen LogP) is 3.38. The van der Waals surface area contributed by atoms with E-state index in [2.05, 4.69) is 16.9 Å². The number of hydrogen-bond donors (Lipinski definition) is 0. The van der Waals surface area contributed by atoms with Crippen molar-refractivity contribution in [1.82, 2.24) is 9.97 Å². The van der Waals surface area contributed by atoms with Crippen LogP contribution in [0.1, 0.15) is 37.6 Å². The van der Waals surface area contributed by atoms with Gasteiger partial charge in [-0.1, -0.05) is 31.5 Å². The van der Waals surface area contributed by atoms with E-state index < -0.39 is 0 Å². The third kappa shape index (κ3) is 4.09. The van der Waals surface area contributed by atoms with Gasteiger partial charge in [-0.2, -0.15) is 0 Å². The molecule has 0 spiro atoms. The van der Waals surface area contributed by atoms with Crippen molar-refractivity contribution in [3.05, 3.63) is 17.5 Å².